The Kier molecular flexibility index (Phi) is 3.85. The Labute approximate surface area is 109 Å². The van der Waals surface area contributed by atoms with Gasteiger partial charge >= 0.3 is 0 Å². The van der Waals surface area contributed by atoms with Crippen LogP contribution in [0.5, 0.6) is 0 Å². The van der Waals surface area contributed by atoms with E-state index in [0.29, 0.717) is 30.3 Å². The van der Waals surface area contributed by atoms with Crippen molar-refractivity contribution in [3.8, 4) is 0 Å². The first-order valence-corrected chi connectivity index (χ1v) is 7.43. The number of likely N-dealkylation sites (tertiary alicyclic amines) is 1. The Morgan fingerprint density at radius 2 is 2.11 bits per heavy atom. The molecule has 3 unspecified atom stereocenters. The molecule has 3 saturated heterocycles. The van der Waals surface area contributed by atoms with Gasteiger partial charge in [0, 0.05) is 44.8 Å². The van der Waals surface area contributed by atoms with Gasteiger partial charge in [-0.1, -0.05) is 0 Å². The van der Waals surface area contributed by atoms with Gasteiger partial charge < -0.3 is 15.0 Å². The molecule has 0 radical (unpaired) electrons. The summed E-state index contributed by atoms with van der Waals surface area (Å²) in [6, 6.07) is 1.22. The fourth-order valence-corrected chi connectivity index (χ4v) is 3.47. The minimum absolute atomic E-state index is 0.358. The van der Waals surface area contributed by atoms with Crippen LogP contribution >= 0.6 is 0 Å². The highest BCUT2D eigenvalue weighted by Gasteiger charge is 2.31. The summed E-state index contributed by atoms with van der Waals surface area (Å²) in [6.07, 6.45) is 6.54. The monoisotopic (exact) mass is 252 g/mol. The predicted molar refractivity (Wildman–Crippen MR) is 69.3 cm³/mol. The number of carbonyl (C=O) groups excluding carboxylic acids is 1. The number of rotatable bonds is 3. The Morgan fingerprint density at radius 1 is 1.22 bits per heavy atom. The number of fused-ring (bicyclic) bond motifs is 2. The molecule has 3 heterocycles. The normalized spacial score (nSPS) is 35.8. The van der Waals surface area contributed by atoms with E-state index in [-0.39, 0.29) is 0 Å². The van der Waals surface area contributed by atoms with E-state index in [1.165, 1.54) is 12.8 Å². The van der Waals surface area contributed by atoms with Gasteiger partial charge in [0.05, 0.1) is 0 Å². The molecule has 0 aliphatic carbocycles. The molecule has 3 aliphatic rings. The molecule has 0 saturated carbocycles. The maximum Gasteiger partial charge on any atom is 0.222 e. The Balaban J connectivity index is 1.46. The molecule has 1 N–H and O–H groups in total. The summed E-state index contributed by atoms with van der Waals surface area (Å²) in [5, 5.41) is 3.62. The maximum absolute atomic E-state index is 12.2. The van der Waals surface area contributed by atoms with Crippen LogP contribution in [0.2, 0.25) is 0 Å². The van der Waals surface area contributed by atoms with Gasteiger partial charge in [0.1, 0.15) is 0 Å². The smallest absolute Gasteiger partial charge is 0.222 e. The van der Waals surface area contributed by atoms with Gasteiger partial charge in [0.15, 0.2) is 0 Å². The average Bonchev–Trinajstić information content (AvgIpc) is 2.96. The van der Waals surface area contributed by atoms with Crippen LogP contribution < -0.4 is 5.32 Å². The Hall–Kier alpha value is -0.610. The SMILES string of the molecule is O=C(CCC1CCOC1)N1CCC2CCC(C1)N2. The van der Waals surface area contributed by atoms with Gasteiger partial charge in [-0.15, -0.1) is 0 Å². The van der Waals surface area contributed by atoms with Crippen LogP contribution in [0.1, 0.15) is 38.5 Å². The number of amides is 1. The van der Waals surface area contributed by atoms with E-state index in [1.54, 1.807) is 0 Å². The number of nitrogens with zero attached hydrogens (tertiary/aromatic N) is 1. The highest BCUT2D eigenvalue weighted by molar-refractivity contribution is 5.76. The number of carbonyl (C=O) groups is 1. The minimum Gasteiger partial charge on any atom is -0.381 e. The van der Waals surface area contributed by atoms with Crippen LogP contribution in [0.25, 0.3) is 0 Å². The van der Waals surface area contributed by atoms with Crippen molar-refractivity contribution in [1.29, 1.82) is 0 Å². The van der Waals surface area contributed by atoms with E-state index in [2.05, 4.69) is 10.2 Å². The maximum atomic E-state index is 12.2. The van der Waals surface area contributed by atoms with Crippen LogP contribution in [0.4, 0.5) is 0 Å². The summed E-state index contributed by atoms with van der Waals surface area (Å²) in [5.41, 5.74) is 0. The first kappa shape index (κ1) is 12.4. The van der Waals surface area contributed by atoms with Crippen molar-refractivity contribution in [3.63, 3.8) is 0 Å². The third-order valence-electron chi connectivity index (χ3n) is 4.67. The lowest BCUT2D eigenvalue weighted by Gasteiger charge is -2.24. The van der Waals surface area contributed by atoms with Crippen LogP contribution in [-0.4, -0.2) is 49.2 Å². The second-order valence-electron chi connectivity index (χ2n) is 6.03. The average molecular weight is 252 g/mol. The lowest BCUT2D eigenvalue weighted by molar-refractivity contribution is -0.131. The van der Waals surface area contributed by atoms with Crippen molar-refractivity contribution < 1.29 is 9.53 Å². The molecule has 3 aliphatic heterocycles. The van der Waals surface area contributed by atoms with Crippen molar-refractivity contribution >= 4 is 5.91 Å². The summed E-state index contributed by atoms with van der Waals surface area (Å²) in [6.45, 7) is 3.63. The third kappa shape index (κ3) is 2.86. The van der Waals surface area contributed by atoms with Crippen LogP contribution in [0.3, 0.4) is 0 Å². The van der Waals surface area contributed by atoms with Gasteiger partial charge in [-0.05, 0) is 38.0 Å². The quantitative estimate of drug-likeness (QED) is 0.819. The predicted octanol–water partition coefficient (Wildman–Crippen LogP) is 1.16. The zero-order chi connectivity index (χ0) is 12.4. The van der Waals surface area contributed by atoms with Gasteiger partial charge in [0.2, 0.25) is 5.91 Å². The highest BCUT2D eigenvalue weighted by Crippen LogP contribution is 2.22. The largest absolute Gasteiger partial charge is 0.381 e. The van der Waals surface area contributed by atoms with Crippen molar-refractivity contribution in [1.82, 2.24) is 10.2 Å². The van der Waals surface area contributed by atoms with Gasteiger partial charge in [-0.3, -0.25) is 4.79 Å². The molecule has 3 rings (SSSR count). The zero-order valence-corrected chi connectivity index (χ0v) is 11.1. The fourth-order valence-electron chi connectivity index (χ4n) is 3.47. The molecule has 3 fully saturated rings. The number of ether oxygens (including phenoxy) is 1. The molecule has 0 aromatic rings. The van der Waals surface area contributed by atoms with E-state index in [0.717, 1.165) is 45.6 Å². The molecule has 18 heavy (non-hydrogen) atoms. The van der Waals surface area contributed by atoms with Gasteiger partial charge in [-0.2, -0.15) is 0 Å². The molecular weight excluding hydrogens is 228 g/mol. The Bertz CT molecular complexity index is 302. The highest BCUT2D eigenvalue weighted by atomic mass is 16.5. The lowest BCUT2D eigenvalue weighted by Crippen LogP contribution is -2.39. The second-order valence-corrected chi connectivity index (χ2v) is 6.03. The summed E-state index contributed by atoms with van der Waals surface area (Å²) in [7, 11) is 0. The van der Waals surface area contributed by atoms with E-state index in [9.17, 15) is 4.79 Å². The zero-order valence-electron chi connectivity index (χ0n) is 11.1. The molecule has 4 heteroatoms. The van der Waals surface area contributed by atoms with E-state index < -0.39 is 0 Å². The molecule has 3 atom stereocenters. The Morgan fingerprint density at radius 3 is 2.94 bits per heavy atom. The number of hydrogen-bond acceptors (Lipinski definition) is 3. The summed E-state index contributed by atoms with van der Waals surface area (Å²) in [5.74, 6) is 0.978. The van der Waals surface area contributed by atoms with Crippen LogP contribution in [-0.2, 0) is 9.53 Å². The van der Waals surface area contributed by atoms with E-state index >= 15 is 0 Å². The number of hydrogen-bond donors (Lipinski definition) is 1. The summed E-state index contributed by atoms with van der Waals surface area (Å²) < 4.78 is 5.36. The van der Waals surface area contributed by atoms with Crippen molar-refractivity contribution in [3.05, 3.63) is 0 Å². The standard InChI is InChI=1S/C14H24N2O2/c17-14(4-1-11-6-8-18-10-11)16-7-5-12-2-3-13(9-16)15-12/h11-13,15H,1-10H2. The topological polar surface area (TPSA) is 41.6 Å². The molecular formula is C14H24N2O2. The number of nitrogens with one attached hydrogen (secondary N) is 1. The van der Waals surface area contributed by atoms with Gasteiger partial charge in [-0.25, -0.2) is 0 Å². The molecule has 0 aromatic heterocycles. The van der Waals surface area contributed by atoms with Crippen molar-refractivity contribution in [2.75, 3.05) is 26.3 Å². The first-order valence-electron chi connectivity index (χ1n) is 7.43. The molecule has 4 nitrogen and oxygen atoms in total. The molecule has 0 aromatic carbocycles. The molecule has 0 spiro atoms. The third-order valence-corrected chi connectivity index (χ3v) is 4.67. The second kappa shape index (κ2) is 5.57. The van der Waals surface area contributed by atoms with Crippen molar-refractivity contribution in [2.45, 2.75) is 50.6 Å². The molecule has 2 bridgehead atoms. The van der Waals surface area contributed by atoms with Crippen LogP contribution in [0.15, 0.2) is 0 Å². The molecule has 102 valence electrons. The van der Waals surface area contributed by atoms with E-state index in [1.807, 2.05) is 0 Å². The van der Waals surface area contributed by atoms with E-state index in [4.69, 9.17) is 4.74 Å². The van der Waals surface area contributed by atoms with Crippen LogP contribution in [0, 0.1) is 5.92 Å². The lowest BCUT2D eigenvalue weighted by atomic mass is 10.0. The summed E-state index contributed by atoms with van der Waals surface area (Å²) >= 11 is 0. The van der Waals surface area contributed by atoms with Crippen molar-refractivity contribution in [2.24, 2.45) is 5.92 Å². The summed E-state index contributed by atoms with van der Waals surface area (Å²) in [4.78, 5) is 14.3. The molecule has 1 amide bonds. The van der Waals surface area contributed by atoms with Gasteiger partial charge in [0.25, 0.3) is 0 Å². The minimum atomic E-state index is 0.358. The fraction of sp³-hybridized carbons (Fsp3) is 0.929. The first-order chi connectivity index (χ1) is 8.81.